The SMILES string of the molecule is CC(C#N)S(=O)(=O)NNC(N)=S. The molecule has 0 bridgehead atoms. The van der Waals surface area contributed by atoms with E-state index in [1.807, 2.05) is 10.3 Å². The molecule has 0 aliphatic rings. The van der Waals surface area contributed by atoms with Crippen molar-refractivity contribution in [2.24, 2.45) is 5.73 Å². The van der Waals surface area contributed by atoms with E-state index in [2.05, 4.69) is 12.2 Å². The van der Waals surface area contributed by atoms with E-state index in [1.54, 1.807) is 6.07 Å². The van der Waals surface area contributed by atoms with Crippen molar-refractivity contribution in [3.63, 3.8) is 0 Å². The van der Waals surface area contributed by atoms with Crippen LogP contribution in [0.25, 0.3) is 0 Å². The molecule has 6 nitrogen and oxygen atoms in total. The van der Waals surface area contributed by atoms with Gasteiger partial charge in [0.15, 0.2) is 10.4 Å². The summed E-state index contributed by atoms with van der Waals surface area (Å²) in [5, 5.41) is 6.92. The van der Waals surface area contributed by atoms with Crippen molar-refractivity contribution in [3.05, 3.63) is 0 Å². The first-order chi connectivity index (χ1) is 5.40. The molecule has 0 saturated heterocycles. The smallest absolute Gasteiger partial charge is 0.244 e. The van der Waals surface area contributed by atoms with E-state index in [-0.39, 0.29) is 5.11 Å². The quantitative estimate of drug-likeness (QED) is 0.387. The fraction of sp³-hybridized carbons (Fsp3) is 0.500. The van der Waals surface area contributed by atoms with Crippen LogP contribution in [0, 0.1) is 11.3 Å². The fourth-order valence-electron chi connectivity index (χ4n) is 0.279. The number of nitriles is 1. The first-order valence-corrected chi connectivity index (χ1v) is 4.81. The van der Waals surface area contributed by atoms with Crippen molar-refractivity contribution in [1.82, 2.24) is 10.3 Å². The van der Waals surface area contributed by atoms with Gasteiger partial charge < -0.3 is 5.73 Å². The predicted octanol–water partition coefficient (Wildman–Crippen LogP) is -1.43. The normalized spacial score (nSPS) is 13.0. The molecule has 0 aliphatic heterocycles. The van der Waals surface area contributed by atoms with E-state index in [9.17, 15) is 8.42 Å². The monoisotopic (exact) mass is 208 g/mol. The van der Waals surface area contributed by atoms with Gasteiger partial charge in [0.05, 0.1) is 6.07 Å². The van der Waals surface area contributed by atoms with E-state index in [0.29, 0.717) is 0 Å². The molecule has 12 heavy (non-hydrogen) atoms. The summed E-state index contributed by atoms with van der Waals surface area (Å²) in [4.78, 5) is 1.84. The van der Waals surface area contributed by atoms with Crippen molar-refractivity contribution in [1.29, 1.82) is 5.26 Å². The van der Waals surface area contributed by atoms with Crippen LogP contribution in [-0.2, 0) is 10.0 Å². The van der Waals surface area contributed by atoms with Crippen LogP contribution < -0.4 is 16.0 Å². The number of nitrogens with one attached hydrogen (secondary N) is 2. The first kappa shape index (κ1) is 11.1. The van der Waals surface area contributed by atoms with Crippen LogP contribution >= 0.6 is 12.2 Å². The zero-order valence-corrected chi connectivity index (χ0v) is 7.87. The van der Waals surface area contributed by atoms with Crippen molar-refractivity contribution < 1.29 is 8.42 Å². The minimum absolute atomic E-state index is 0.205. The summed E-state index contributed by atoms with van der Waals surface area (Å²) in [6.07, 6.45) is 0. The number of thiocarbonyl (C=S) groups is 1. The molecule has 0 spiro atoms. The Morgan fingerprint density at radius 3 is 2.58 bits per heavy atom. The number of sulfonamides is 1. The standard InChI is InChI=1S/C4H8N4O2S2/c1-3(2-5)12(9,10)8-7-4(6)11/h3,8H,1H3,(H3,6,7,11). The number of nitrogens with two attached hydrogens (primary N) is 1. The third kappa shape index (κ3) is 3.47. The molecule has 68 valence electrons. The van der Waals surface area contributed by atoms with Crippen LogP contribution in [0.5, 0.6) is 0 Å². The topological polar surface area (TPSA) is 108 Å². The van der Waals surface area contributed by atoms with E-state index < -0.39 is 15.3 Å². The lowest BCUT2D eigenvalue weighted by atomic mass is 10.5. The van der Waals surface area contributed by atoms with E-state index >= 15 is 0 Å². The lowest BCUT2D eigenvalue weighted by Gasteiger charge is -2.07. The van der Waals surface area contributed by atoms with Gasteiger partial charge in [-0.15, -0.1) is 4.83 Å². The molecule has 8 heteroatoms. The van der Waals surface area contributed by atoms with Crippen LogP contribution in [0.3, 0.4) is 0 Å². The van der Waals surface area contributed by atoms with Crippen molar-refractivity contribution in [3.8, 4) is 6.07 Å². The lowest BCUT2D eigenvalue weighted by Crippen LogP contribution is -2.47. The van der Waals surface area contributed by atoms with E-state index in [4.69, 9.17) is 11.0 Å². The number of hydrogen-bond donors (Lipinski definition) is 3. The van der Waals surface area contributed by atoms with Gasteiger partial charge in [-0.2, -0.15) is 5.26 Å². The van der Waals surface area contributed by atoms with Gasteiger partial charge in [-0.05, 0) is 19.1 Å². The molecule has 0 saturated carbocycles. The second-order valence-corrected chi connectivity index (χ2v) is 4.35. The van der Waals surface area contributed by atoms with Crippen LogP contribution in [0.1, 0.15) is 6.92 Å². The summed E-state index contributed by atoms with van der Waals surface area (Å²) in [7, 11) is -3.70. The molecule has 0 radical (unpaired) electrons. The molecule has 0 rings (SSSR count). The maximum absolute atomic E-state index is 11.0. The maximum Gasteiger partial charge on any atom is 0.244 e. The molecule has 0 aliphatic carbocycles. The lowest BCUT2D eigenvalue weighted by molar-refractivity contribution is 0.573. The van der Waals surface area contributed by atoms with E-state index in [0.717, 1.165) is 0 Å². The summed E-state index contributed by atoms with van der Waals surface area (Å²) in [5.74, 6) is 0. The Labute approximate surface area is 75.8 Å². The Morgan fingerprint density at radius 2 is 2.25 bits per heavy atom. The highest BCUT2D eigenvalue weighted by Gasteiger charge is 2.19. The third-order valence-electron chi connectivity index (χ3n) is 0.964. The van der Waals surface area contributed by atoms with Crippen molar-refractivity contribution in [2.45, 2.75) is 12.2 Å². The fourth-order valence-corrected chi connectivity index (χ4v) is 0.963. The highest BCUT2D eigenvalue weighted by atomic mass is 32.2. The molecule has 4 N–H and O–H groups in total. The summed E-state index contributed by atoms with van der Waals surface area (Å²) >= 11 is 4.34. The Hall–Kier alpha value is -0.910. The molecule has 0 heterocycles. The minimum Gasteiger partial charge on any atom is -0.375 e. The van der Waals surface area contributed by atoms with Crippen LogP contribution in [0.15, 0.2) is 0 Å². The predicted molar refractivity (Wildman–Crippen MR) is 47.1 cm³/mol. The molecule has 1 unspecified atom stereocenters. The Bertz CT molecular complexity index is 304. The van der Waals surface area contributed by atoms with Crippen LogP contribution in [0.2, 0.25) is 0 Å². The third-order valence-corrected chi connectivity index (χ3v) is 2.49. The Balaban J connectivity index is 4.27. The van der Waals surface area contributed by atoms with Crippen LogP contribution in [-0.4, -0.2) is 18.8 Å². The average molecular weight is 208 g/mol. The Kier molecular flexibility index (Phi) is 3.88. The number of nitrogens with zero attached hydrogens (tertiary/aromatic N) is 1. The molecule has 0 aromatic carbocycles. The highest BCUT2D eigenvalue weighted by Crippen LogP contribution is 1.93. The molecule has 0 amide bonds. The van der Waals surface area contributed by atoms with Gasteiger partial charge in [-0.3, -0.25) is 5.43 Å². The second-order valence-electron chi connectivity index (χ2n) is 1.91. The maximum atomic E-state index is 11.0. The highest BCUT2D eigenvalue weighted by molar-refractivity contribution is 7.90. The minimum atomic E-state index is -3.70. The van der Waals surface area contributed by atoms with Crippen molar-refractivity contribution >= 4 is 27.4 Å². The van der Waals surface area contributed by atoms with Gasteiger partial charge >= 0.3 is 0 Å². The van der Waals surface area contributed by atoms with Gasteiger partial charge in [0, 0.05) is 0 Å². The summed E-state index contributed by atoms with van der Waals surface area (Å²) in [6.45, 7) is 1.24. The molecular formula is C4H8N4O2S2. The zero-order chi connectivity index (χ0) is 9.78. The average Bonchev–Trinajstić information content (AvgIpc) is 1.99. The first-order valence-electron chi connectivity index (χ1n) is 2.86. The van der Waals surface area contributed by atoms with Gasteiger partial charge in [0.2, 0.25) is 10.0 Å². The molecule has 1 atom stereocenters. The van der Waals surface area contributed by atoms with Gasteiger partial charge in [-0.25, -0.2) is 8.42 Å². The summed E-state index contributed by atoms with van der Waals surface area (Å²) in [5.41, 5.74) is 6.97. The molecule has 0 fully saturated rings. The summed E-state index contributed by atoms with van der Waals surface area (Å²) in [6, 6.07) is 1.55. The largest absolute Gasteiger partial charge is 0.375 e. The molecular weight excluding hydrogens is 200 g/mol. The second kappa shape index (κ2) is 4.20. The molecule has 0 aromatic heterocycles. The van der Waals surface area contributed by atoms with Crippen molar-refractivity contribution in [2.75, 3.05) is 0 Å². The molecule has 0 aromatic rings. The number of hydrazine groups is 1. The zero-order valence-electron chi connectivity index (χ0n) is 6.23. The van der Waals surface area contributed by atoms with E-state index in [1.165, 1.54) is 6.92 Å². The van der Waals surface area contributed by atoms with Gasteiger partial charge in [0.25, 0.3) is 0 Å². The van der Waals surface area contributed by atoms with Gasteiger partial charge in [-0.1, -0.05) is 0 Å². The number of hydrogen-bond acceptors (Lipinski definition) is 4. The Morgan fingerprint density at radius 1 is 1.75 bits per heavy atom. The van der Waals surface area contributed by atoms with Crippen LogP contribution in [0.4, 0.5) is 0 Å². The number of rotatable bonds is 3. The summed E-state index contributed by atoms with van der Waals surface area (Å²) < 4.78 is 21.9. The van der Waals surface area contributed by atoms with Gasteiger partial charge in [0.1, 0.15) is 0 Å².